The number of nitrogens with zero attached hydrogens (tertiary/aromatic N) is 1. The molecule has 4 heteroatoms. The fourth-order valence-corrected chi connectivity index (χ4v) is 4.98. The molecule has 1 heterocycles. The van der Waals surface area contributed by atoms with Gasteiger partial charge in [0.2, 0.25) is 5.91 Å². The fourth-order valence-electron chi connectivity index (χ4n) is 3.73. The largest absolute Gasteiger partial charge is 0.342 e. The molecule has 0 aliphatic carbocycles. The van der Waals surface area contributed by atoms with E-state index in [0.29, 0.717) is 13.0 Å². The fraction of sp³-hybridized carbons (Fsp3) is 0.261. The third-order valence-corrected chi connectivity index (χ3v) is 6.48. The quantitative estimate of drug-likeness (QED) is 0.621. The molecule has 1 unspecified atom stereocenters. The number of hydrogen-bond donors (Lipinski definition) is 0. The van der Waals surface area contributed by atoms with Gasteiger partial charge < -0.3 is 4.90 Å². The van der Waals surface area contributed by atoms with Crippen molar-refractivity contribution in [1.29, 1.82) is 0 Å². The minimum Gasteiger partial charge on any atom is -0.342 e. The van der Waals surface area contributed by atoms with E-state index < -0.39 is 0 Å². The highest BCUT2D eigenvalue weighted by Gasteiger charge is 2.24. The van der Waals surface area contributed by atoms with E-state index in [2.05, 4.69) is 18.2 Å². The van der Waals surface area contributed by atoms with E-state index in [4.69, 9.17) is 0 Å². The Labute approximate surface area is 163 Å². The summed E-state index contributed by atoms with van der Waals surface area (Å²) in [6.45, 7) is 1.40. The number of fused-ring (bicyclic) bond motifs is 1. The van der Waals surface area contributed by atoms with Crippen LogP contribution < -0.4 is 0 Å². The number of benzene rings is 3. The number of rotatable bonds is 3. The van der Waals surface area contributed by atoms with Crippen LogP contribution in [-0.2, 0) is 11.2 Å². The monoisotopic (exact) mass is 379 g/mol. The third kappa shape index (κ3) is 4.01. The summed E-state index contributed by atoms with van der Waals surface area (Å²) in [5.41, 5.74) is 1.83. The first-order valence-electron chi connectivity index (χ1n) is 9.33. The number of halogens is 1. The average molecular weight is 380 g/mol. The Balaban J connectivity index is 1.46. The highest BCUT2D eigenvalue weighted by atomic mass is 32.2. The predicted octanol–water partition coefficient (Wildman–Crippen LogP) is 5.23. The second kappa shape index (κ2) is 8.13. The van der Waals surface area contributed by atoms with Crippen molar-refractivity contribution < 1.29 is 9.18 Å². The van der Waals surface area contributed by atoms with Crippen LogP contribution >= 0.6 is 11.8 Å². The van der Waals surface area contributed by atoms with Crippen LogP contribution in [-0.4, -0.2) is 29.6 Å². The van der Waals surface area contributed by atoms with Gasteiger partial charge in [0.1, 0.15) is 5.82 Å². The molecule has 1 aliphatic heterocycles. The van der Waals surface area contributed by atoms with Crippen LogP contribution in [0.4, 0.5) is 4.39 Å². The van der Waals surface area contributed by atoms with E-state index in [1.54, 1.807) is 17.8 Å². The van der Waals surface area contributed by atoms with Gasteiger partial charge in [0, 0.05) is 29.7 Å². The van der Waals surface area contributed by atoms with Crippen molar-refractivity contribution in [2.45, 2.75) is 18.1 Å². The summed E-state index contributed by atoms with van der Waals surface area (Å²) >= 11 is 1.75. The highest BCUT2D eigenvalue weighted by Crippen LogP contribution is 2.35. The zero-order chi connectivity index (χ0) is 18.6. The van der Waals surface area contributed by atoms with Gasteiger partial charge in [-0.3, -0.25) is 4.79 Å². The number of thioether (sulfide) groups is 1. The molecule has 0 bridgehead atoms. The Morgan fingerprint density at radius 3 is 2.67 bits per heavy atom. The van der Waals surface area contributed by atoms with Crippen LogP contribution in [0.25, 0.3) is 10.8 Å². The number of hydrogen-bond acceptors (Lipinski definition) is 2. The maximum absolute atomic E-state index is 14.1. The molecule has 1 amide bonds. The first-order valence-corrected chi connectivity index (χ1v) is 10.4. The second-order valence-electron chi connectivity index (χ2n) is 6.87. The van der Waals surface area contributed by atoms with Gasteiger partial charge in [0.15, 0.2) is 0 Å². The predicted molar refractivity (Wildman–Crippen MR) is 110 cm³/mol. The lowest BCUT2D eigenvalue weighted by molar-refractivity contribution is -0.130. The van der Waals surface area contributed by atoms with Crippen LogP contribution in [0.2, 0.25) is 0 Å². The van der Waals surface area contributed by atoms with Crippen LogP contribution in [0.15, 0.2) is 66.7 Å². The molecule has 4 rings (SSSR count). The molecule has 1 fully saturated rings. The van der Waals surface area contributed by atoms with Crippen molar-refractivity contribution in [2.75, 3.05) is 18.8 Å². The number of carbonyl (C=O) groups is 1. The molecule has 0 radical (unpaired) electrons. The topological polar surface area (TPSA) is 20.3 Å². The zero-order valence-corrected chi connectivity index (χ0v) is 15.9. The molecule has 0 spiro atoms. The summed E-state index contributed by atoms with van der Waals surface area (Å²) in [6.07, 6.45) is 1.20. The van der Waals surface area contributed by atoms with Crippen molar-refractivity contribution in [1.82, 2.24) is 4.90 Å². The van der Waals surface area contributed by atoms with Gasteiger partial charge in [0.05, 0.1) is 6.42 Å². The Morgan fingerprint density at radius 2 is 1.78 bits per heavy atom. The molecule has 0 N–H and O–H groups in total. The van der Waals surface area contributed by atoms with E-state index in [1.807, 2.05) is 41.3 Å². The van der Waals surface area contributed by atoms with E-state index >= 15 is 0 Å². The summed E-state index contributed by atoms with van der Waals surface area (Å²) in [4.78, 5) is 14.9. The lowest BCUT2D eigenvalue weighted by Gasteiger charge is -2.21. The molecule has 1 atom stereocenters. The van der Waals surface area contributed by atoms with Gasteiger partial charge in [-0.25, -0.2) is 4.39 Å². The highest BCUT2D eigenvalue weighted by molar-refractivity contribution is 7.99. The maximum atomic E-state index is 14.1. The van der Waals surface area contributed by atoms with Crippen LogP contribution in [0, 0.1) is 5.82 Å². The van der Waals surface area contributed by atoms with E-state index in [-0.39, 0.29) is 17.0 Å². The Hall–Kier alpha value is -2.33. The molecule has 138 valence electrons. The zero-order valence-electron chi connectivity index (χ0n) is 15.1. The Kier molecular flexibility index (Phi) is 5.44. The summed E-state index contributed by atoms with van der Waals surface area (Å²) < 4.78 is 14.1. The molecule has 1 aliphatic rings. The third-order valence-electron chi connectivity index (χ3n) is 5.17. The Bertz CT molecular complexity index is 953. The molecule has 0 saturated carbocycles. The lowest BCUT2D eigenvalue weighted by Crippen LogP contribution is -2.34. The molecule has 2 nitrogen and oxygen atoms in total. The van der Waals surface area contributed by atoms with Crippen molar-refractivity contribution >= 4 is 28.4 Å². The van der Waals surface area contributed by atoms with Gasteiger partial charge in [0.25, 0.3) is 0 Å². The van der Waals surface area contributed by atoms with Gasteiger partial charge in [-0.15, -0.1) is 0 Å². The molecular formula is C23H22FNOS. The van der Waals surface area contributed by atoms with Gasteiger partial charge in [-0.1, -0.05) is 60.7 Å². The lowest BCUT2D eigenvalue weighted by atomic mass is 10.0. The van der Waals surface area contributed by atoms with E-state index in [9.17, 15) is 9.18 Å². The van der Waals surface area contributed by atoms with Crippen LogP contribution in [0.1, 0.15) is 22.8 Å². The van der Waals surface area contributed by atoms with Gasteiger partial charge >= 0.3 is 0 Å². The van der Waals surface area contributed by atoms with Crippen molar-refractivity contribution in [3.05, 3.63) is 83.7 Å². The SMILES string of the molecule is O=C(Cc1cccc2ccccc12)N1CCSC(c2ccccc2F)CC1. The minimum atomic E-state index is -0.148. The summed E-state index contributed by atoms with van der Waals surface area (Å²) in [7, 11) is 0. The van der Waals surface area contributed by atoms with E-state index in [0.717, 1.165) is 40.6 Å². The van der Waals surface area contributed by atoms with Crippen LogP contribution in [0.5, 0.6) is 0 Å². The van der Waals surface area contributed by atoms with Gasteiger partial charge in [-0.2, -0.15) is 11.8 Å². The van der Waals surface area contributed by atoms with Crippen molar-refractivity contribution in [3.8, 4) is 0 Å². The van der Waals surface area contributed by atoms with E-state index in [1.165, 1.54) is 6.07 Å². The van der Waals surface area contributed by atoms with Gasteiger partial charge in [-0.05, 0) is 28.8 Å². The molecule has 27 heavy (non-hydrogen) atoms. The molecule has 0 aromatic heterocycles. The standard InChI is InChI=1S/C23H22FNOS/c24-21-11-4-3-10-20(21)22-12-13-25(14-15-27-22)23(26)16-18-8-5-7-17-6-1-2-9-19(17)18/h1-11,22H,12-16H2. The number of amides is 1. The summed E-state index contributed by atoms with van der Waals surface area (Å²) in [5, 5.41) is 2.41. The van der Waals surface area contributed by atoms with Crippen molar-refractivity contribution in [3.63, 3.8) is 0 Å². The molecular weight excluding hydrogens is 357 g/mol. The molecule has 1 saturated heterocycles. The maximum Gasteiger partial charge on any atom is 0.227 e. The molecule has 3 aromatic rings. The first kappa shape index (κ1) is 18.1. The average Bonchev–Trinajstić information content (AvgIpc) is 2.95. The summed E-state index contributed by atoms with van der Waals surface area (Å²) in [5.74, 6) is 0.840. The smallest absolute Gasteiger partial charge is 0.227 e. The number of carbonyl (C=O) groups excluding carboxylic acids is 1. The first-order chi connectivity index (χ1) is 13.2. The molecule has 3 aromatic carbocycles. The van der Waals surface area contributed by atoms with Crippen LogP contribution in [0.3, 0.4) is 0 Å². The second-order valence-corrected chi connectivity index (χ2v) is 8.18. The summed E-state index contributed by atoms with van der Waals surface area (Å²) in [6, 6.07) is 21.3. The minimum absolute atomic E-state index is 0.113. The Morgan fingerprint density at radius 1 is 1.00 bits per heavy atom. The normalized spacial score (nSPS) is 17.7. The van der Waals surface area contributed by atoms with Crippen molar-refractivity contribution in [2.24, 2.45) is 0 Å².